The molecule has 0 amide bonds. The molecule has 1 atom stereocenters. The van der Waals surface area contributed by atoms with Gasteiger partial charge >= 0.3 is 0 Å². The summed E-state index contributed by atoms with van der Waals surface area (Å²) in [5, 5.41) is 0. The summed E-state index contributed by atoms with van der Waals surface area (Å²) in [6, 6.07) is 0. The van der Waals surface area contributed by atoms with Crippen molar-refractivity contribution in [2.75, 3.05) is 13.2 Å². The maximum absolute atomic E-state index is 5.77. The van der Waals surface area contributed by atoms with Crippen molar-refractivity contribution < 1.29 is 4.74 Å². The average Bonchev–Trinajstić information content (AvgIpc) is 2.02. The van der Waals surface area contributed by atoms with E-state index in [1.807, 2.05) is 0 Å². The molecule has 0 spiro atoms. The molecule has 0 aliphatic heterocycles. The topological polar surface area (TPSA) is 35.2 Å². The standard InChI is InChI=1S/C11H23NO/c1-3-4-9(2)8-13-11-5-10(6-11)7-12/h9-11H,3-8,12H2,1-2H3. The van der Waals surface area contributed by atoms with Gasteiger partial charge in [0.05, 0.1) is 6.10 Å². The molecule has 1 saturated carbocycles. The molecule has 0 bridgehead atoms. The molecule has 1 fully saturated rings. The van der Waals surface area contributed by atoms with E-state index < -0.39 is 0 Å². The summed E-state index contributed by atoms with van der Waals surface area (Å²) in [4.78, 5) is 0. The van der Waals surface area contributed by atoms with Gasteiger partial charge in [-0.25, -0.2) is 0 Å². The highest BCUT2D eigenvalue weighted by molar-refractivity contribution is 4.80. The SMILES string of the molecule is CCCC(C)COC1CC(CN)C1. The summed E-state index contributed by atoms with van der Waals surface area (Å²) >= 11 is 0. The lowest BCUT2D eigenvalue weighted by molar-refractivity contribution is -0.0412. The smallest absolute Gasteiger partial charge is 0.0581 e. The maximum atomic E-state index is 5.77. The molecule has 2 N–H and O–H groups in total. The first-order valence-corrected chi connectivity index (χ1v) is 5.57. The molecule has 0 aromatic carbocycles. The fourth-order valence-corrected chi connectivity index (χ4v) is 1.88. The Hall–Kier alpha value is -0.0800. The summed E-state index contributed by atoms with van der Waals surface area (Å²) in [6.45, 7) is 6.27. The van der Waals surface area contributed by atoms with Crippen LogP contribution in [0.3, 0.4) is 0 Å². The van der Waals surface area contributed by atoms with Crippen molar-refractivity contribution in [3.8, 4) is 0 Å². The monoisotopic (exact) mass is 185 g/mol. The molecule has 2 nitrogen and oxygen atoms in total. The van der Waals surface area contributed by atoms with Gasteiger partial charge in [0, 0.05) is 6.61 Å². The van der Waals surface area contributed by atoms with E-state index in [-0.39, 0.29) is 0 Å². The zero-order chi connectivity index (χ0) is 9.68. The van der Waals surface area contributed by atoms with Gasteiger partial charge in [-0.3, -0.25) is 0 Å². The van der Waals surface area contributed by atoms with Crippen molar-refractivity contribution >= 4 is 0 Å². The van der Waals surface area contributed by atoms with Crippen LogP contribution < -0.4 is 5.73 Å². The first-order valence-electron chi connectivity index (χ1n) is 5.57. The summed E-state index contributed by atoms with van der Waals surface area (Å²) in [5.74, 6) is 1.47. The van der Waals surface area contributed by atoms with Crippen LogP contribution in [0.1, 0.15) is 39.5 Å². The minimum absolute atomic E-state index is 0.521. The molecule has 0 radical (unpaired) electrons. The van der Waals surface area contributed by atoms with Gasteiger partial charge in [0.2, 0.25) is 0 Å². The van der Waals surface area contributed by atoms with Crippen LogP contribution in [0.5, 0.6) is 0 Å². The van der Waals surface area contributed by atoms with Crippen LogP contribution in [0, 0.1) is 11.8 Å². The van der Waals surface area contributed by atoms with Crippen molar-refractivity contribution in [2.45, 2.75) is 45.6 Å². The van der Waals surface area contributed by atoms with Gasteiger partial charge in [-0.2, -0.15) is 0 Å². The third kappa shape index (κ3) is 3.65. The molecule has 1 aliphatic rings. The highest BCUT2D eigenvalue weighted by Gasteiger charge is 2.28. The van der Waals surface area contributed by atoms with E-state index in [2.05, 4.69) is 13.8 Å². The second kappa shape index (κ2) is 5.61. The first kappa shape index (κ1) is 11.0. The number of nitrogens with two attached hydrogens (primary N) is 1. The van der Waals surface area contributed by atoms with E-state index in [9.17, 15) is 0 Å². The third-order valence-corrected chi connectivity index (χ3v) is 2.92. The molecule has 0 heterocycles. The van der Waals surface area contributed by atoms with Crippen LogP contribution in [0.15, 0.2) is 0 Å². The normalized spacial score (nSPS) is 29.8. The molecule has 13 heavy (non-hydrogen) atoms. The van der Waals surface area contributed by atoms with Crippen LogP contribution in [0.2, 0.25) is 0 Å². The van der Waals surface area contributed by atoms with Crippen LogP contribution in [-0.4, -0.2) is 19.3 Å². The van der Waals surface area contributed by atoms with E-state index in [0.717, 1.165) is 25.0 Å². The Morgan fingerprint density at radius 2 is 2.15 bits per heavy atom. The largest absolute Gasteiger partial charge is 0.378 e. The van der Waals surface area contributed by atoms with Crippen molar-refractivity contribution in [3.63, 3.8) is 0 Å². The zero-order valence-corrected chi connectivity index (χ0v) is 8.96. The second-order valence-electron chi connectivity index (χ2n) is 4.42. The van der Waals surface area contributed by atoms with Gasteiger partial charge in [0.25, 0.3) is 0 Å². The Morgan fingerprint density at radius 1 is 1.46 bits per heavy atom. The molecular weight excluding hydrogens is 162 g/mol. The minimum atomic E-state index is 0.521. The number of hydrogen-bond donors (Lipinski definition) is 1. The van der Waals surface area contributed by atoms with Crippen LogP contribution in [0.25, 0.3) is 0 Å². The fourth-order valence-electron chi connectivity index (χ4n) is 1.88. The molecular formula is C11H23NO. The van der Waals surface area contributed by atoms with Crippen molar-refractivity contribution in [1.82, 2.24) is 0 Å². The van der Waals surface area contributed by atoms with Gasteiger partial charge in [-0.1, -0.05) is 20.3 Å². The molecule has 0 aromatic heterocycles. The van der Waals surface area contributed by atoms with Crippen molar-refractivity contribution in [1.29, 1.82) is 0 Å². The fraction of sp³-hybridized carbons (Fsp3) is 1.00. The first-order chi connectivity index (χ1) is 6.26. The Kier molecular flexibility index (Phi) is 4.74. The van der Waals surface area contributed by atoms with E-state index in [1.54, 1.807) is 0 Å². The predicted octanol–water partition coefficient (Wildman–Crippen LogP) is 2.18. The molecule has 1 aliphatic carbocycles. The average molecular weight is 185 g/mol. The Morgan fingerprint density at radius 3 is 2.69 bits per heavy atom. The lowest BCUT2D eigenvalue weighted by Crippen LogP contribution is -2.36. The maximum Gasteiger partial charge on any atom is 0.0581 e. The lowest BCUT2D eigenvalue weighted by Gasteiger charge is -2.34. The minimum Gasteiger partial charge on any atom is -0.378 e. The van der Waals surface area contributed by atoms with Gasteiger partial charge < -0.3 is 10.5 Å². The number of ether oxygens (including phenoxy) is 1. The number of rotatable bonds is 6. The molecule has 78 valence electrons. The van der Waals surface area contributed by atoms with E-state index >= 15 is 0 Å². The van der Waals surface area contributed by atoms with Gasteiger partial charge in [0.1, 0.15) is 0 Å². The Labute approximate surface area is 81.8 Å². The highest BCUT2D eigenvalue weighted by Crippen LogP contribution is 2.29. The zero-order valence-electron chi connectivity index (χ0n) is 8.96. The van der Waals surface area contributed by atoms with Crippen molar-refractivity contribution in [3.05, 3.63) is 0 Å². The third-order valence-electron chi connectivity index (χ3n) is 2.92. The number of hydrogen-bond acceptors (Lipinski definition) is 2. The molecule has 0 saturated heterocycles. The van der Waals surface area contributed by atoms with E-state index in [1.165, 1.54) is 25.7 Å². The second-order valence-corrected chi connectivity index (χ2v) is 4.42. The Balaban J connectivity index is 1.95. The Bertz CT molecular complexity index is 132. The van der Waals surface area contributed by atoms with E-state index in [0.29, 0.717) is 6.10 Å². The molecule has 1 unspecified atom stereocenters. The highest BCUT2D eigenvalue weighted by atomic mass is 16.5. The van der Waals surface area contributed by atoms with Crippen LogP contribution in [-0.2, 0) is 4.74 Å². The predicted molar refractivity (Wildman–Crippen MR) is 55.6 cm³/mol. The quantitative estimate of drug-likeness (QED) is 0.688. The summed E-state index contributed by atoms with van der Waals surface area (Å²) < 4.78 is 5.77. The summed E-state index contributed by atoms with van der Waals surface area (Å²) in [7, 11) is 0. The van der Waals surface area contributed by atoms with Crippen LogP contribution >= 0.6 is 0 Å². The van der Waals surface area contributed by atoms with Crippen LogP contribution in [0.4, 0.5) is 0 Å². The summed E-state index contributed by atoms with van der Waals surface area (Å²) in [6.07, 6.45) is 5.45. The summed E-state index contributed by atoms with van der Waals surface area (Å²) in [5.41, 5.74) is 5.54. The van der Waals surface area contributed by atoms with Gasteiger partial charge in [-0.05, 0) is 37.6 Å². The van der Waals surface area contributed by atoms with Crippen molar-refractivity contribution in [2.24, 2.45) is 17.6 Å². The molecule has 0 aromatic rings. The molecule has 1 rings (SSSR count). The van der Waals surface area contributed by atoms with Gasteiger partial charge in [0.15, 0.2) is 0 Å². The van der Waals surface area contributed by atoms with Gasteiger partial charge in [-0.15, -0.1) is 0 Å². The molecule has 2 heteroatoms. The van der Waals surface area contributed by atoms with E-state index in [4.69, 9.17) is 10.5 Å². The lowest BCUT2D eigenvalue weighted by atomic mass is 9.82.